The molecule has 0 aromatic heterocycles. The fourth-order valence-electron chi connectivity index (χ4n) is 0.482. The summed E-state index contributed by atoms with van der Waals surface area (Å²) in [6, 6.07) is 0. The number of nitrogens with zero attached hydrogens (tertiary/aromatic N) is 1. The maximum Gasteiger partial charge on any atom is 0.320 e. The van der Waals surface area contributed by atoms with Gasteiger partial charge in [0.1, 0.15) is 6.54 Å². The van der Waals surface area contributed by atoms with Crippen molar-refractivity contribution in [1.29, 1.82) is 0 Å². The van der Waals surface area contributed by atoms with E-state index in [9.17, 15) is 14.4 Å². The summed E-state index contributed by atoms with van der Waals surface area (Å²) in [4.78, 5) is 29.0. The lowest BCUT2D eigenvalue weighted by molar-refractivity contribution is -0.152. The molecule has 0 aliphatic rings. The van der Waals surface area contributed by atoms with Crippen LogP contribution in [-0.2, 0) is 14.4 Å². The van der Waals surface area contributed by atoms with Crippen LogP contribution in [0, 0.1) is 0 Å². The number of carboxylic acids is 3. The zero-order valence-corrected chi connectivity index (χ0v) is 8.79. The Hall–Kier alpha value is -1.67. The Balaban J connectivity index is 0. The van der Waals surface area contributed by atoms with E-state index < -0.39 is 17.9 Å². The third-order valence-corrected chi connectivity index (χ3v) is 1.24. The second-order valence-corrected chi connectivity index (χ2v) is 2.66. The second kappa shape index (κ2) is 9.87. The van der Waals surface area contributed by atoms with Gasteiger partial charge in [-0.05, 0) is 0 Å². The molecule has 8 heteroatoms. The molecule has 0 aliphatic heterocycles. The predicted octanol–water partition coefficient (Wildman–Crippen LogP) is -0.282. The van der Waals surface area contributed by atoms with Crippen LogP contribution in [0.15, 0.2) is 0 Å². The fourth-order valence-corrected chi connectivity index (χ4v) is 0.482. The Kier molecular flexibility index (Phi) is 10.3. The van der Waals surface area contributed by atoms with Gasteiger partial charge in [-0.2, -0.15) is 5.06 Å². The molecule has 0 bridgehead atoms. The lowest BCUT2D eigenvalue weighted by Gasteiger charge is -2.06. The highest BCUT2D eigenvalue weighted by Gasteiger charge is 2.01. The number of rotatable bonds is 6. The number of likely N-dealkylation sites (N-methyl/N-ethyl adjacent to an activating group) is 1. The van der Waals surface area contributed by atoms with Crippen LogP contribution in [0.5, 0.6) is 0 Å². The van der Waals surface area contributed by atoms with E-state index in [-0.39, 0.29) is 19.4 Å². The molecule has 0 amide bonds. The van der Waals surface area contributed by atoms with Crippen molar-refractivity contribution in [3.63, 3.8) is 0 Å². The van der Waals surface area contributed by atoms with Gasteiger partial charge in [-0.3, -0.25) is 14.4 Å². The van der Waals surface area contributed by atoms with E-state index in [0.717, 1.165) is 5.06 Å². The van der Waals surface area contributed by atoms with Gasteiger partial charge in [-0.15, -0.1) is 0 Å². The fraction of sp³-hybridized carbons (Fsp3) is 0.625. The minimum absolute atomic E-state index is 0.296. The summed E-state index contributed by atoms with van der Waals surface area (Å²) >= 11 is 0. The maximum absolute atomic E-state index is 9.77. The van der Waals surface area contributed by atoms with Crippen LogP contribution in [0.25, 0.3) is 0 Å². The van der Waals surface area contributed by atoms with Gasteiger partial charge in [-0.1, -0.05) is 6.92 Å². The van der Waals surface area contributed by atoms with Gasteiger partial charge in [0.25, 0.3) is 0 Å². The van der Waals surface area contributed by atoms with Gasteiger partial charge in [-0.25, -0.2) is 0 Å². The van der Waals surface area contributed by atoms with Crippen LogP contribution in [0.2, 0.25) is 0 Å². The first-order valence-electron chi connectivity index (χ1n) is 4.38. The largest absolute Gasteiger partial charge is 0.481 e. The van der Waals surface area contributed by atoms with E-state index in [1.54, 1.807) is 6.92 Å². The van der Waals surface area contributed by atoms with E-state index >= 15 is 0 Å². The standard InChI is InChI=1S/C4H9NO3.C4H6O4/c1-2-5(8)3-4(6)7;5-3(6)1-2-4(7)8/h8H,2-3H2,1H3,(H,6,7);1-2H2,(H,5,6)(H,7,8). The lowest BCUT2D eigenvalue weighted by Crippen LogP contribution is -2.25. The van der Waals surface area contributed by atoms with Gasteiger partial charge in [0, 0.05) is 6.54 Å². The SMILES string of the molecule is CCN(O)CC(=O)O.O=C(O)CCC(=O)O. The number of carboxylic acid groups (broad SMARTS) is 3. The van der Waals surface area contributed by atoms with Crippen molar-refractivity contribution >= 4 is 17.9 Å². The van der Waals surface area contributed by atoms with Crippen molar-refractivity contribution in [3.05, 3.63) is 0 Å². The molecule has 0 radical (unpaired) electrons. The van der Waals surface area contributed by atoms with Crippen molar-refractivity contribution < 1.29 is 34.9 Å². The normalized spacial score (nSPS) is 9.19. The average Bonchev–Trinajstić information content (AvgIpc) is 2.14. The highest BCUT2D eigenvalue weighted by molar-refractivity contribution is 5.75. The third kappa shape index (κ3) is 18.2. The molecule has 8 nitrogen and oxygen atoms in total. The molecular formula is C8H15NO7. The molecule has 0 saturated carbocycles. The molecule has 0 rings (SSSR count). The highest BCUT2D eigenvalue weighted by atomic mass is 16.5. The first kappa shape index (κ1) is 16.7. The van der Waals surface area contributed by atoms with Crippen molar-refractivity contribution in [3.8, 4) is 0 Å². The summed E-state index contributed by atoms with van der Waals surface area (Å²) in [6.07, 6.45) is -0.593. The summed E-state index contributed by atoms with van der Waals surface area (Å²) in [5.41, 5.74) is 0. The number of hydroxylamine groups is 2. The zero-order chi connectivity index (χ0) is 13.1. The Bertz CT molecular complexity index is 227. The molecule has 0 saturated heterocycles. The molecule has 0 aromatic carbocycles. The monoisotopic (exact) mass is 237 g/mol. The van der Waals surface area contributed by atoms with Crippen molar-refractivity contribution in [2.45, 2.75) is 19.8 Å². The number of carbonyl (C=O) groups is 3. The summed E-state index contributed by atoms with van der Waals surface area (Å²) in [6.45, 7) is 1.70. The van der Waals surface area contributed by atoms with Crippen molar-refractivity contribution in [2.24, 2.45) is 0 Å². The first-order chi connectivity index (χ1) is 7.29. The molecule has 0 heterocycles. The second-order valence-electron chi connectivity index (χ2n) is 2.66. The molecule has 0 aliphatic carbocycles. The summed E-state index contributed by atoms with van der Waals surface area (Å²) in [7, 11) is 0. The quantitative estimate of drug-likeness (QED) is 0.463. The molecule has 4 N–H and O–H groups in total. The Morgan fingerprint density at radius 3 is 1.44 bits per heavy atom. The van der Waals surface area contributed by atoms with Crippen LogP contribution in [0.3, 0.4) is 0 Å². The van der Waals surface area contributed by atoms with Crippen LogP contribution in [0.1, 0.15) is 19.8 Å². The van der Waals surface area contributed by atoms with Crippen LogP contribution in [-0.4, -0.2) is 56.6 Å². The average molecular weight is 237 g/mol. The Morgan fingerprint density at radius 2 is 1.31 bits per heavy atom. The van der Waals surface area contributed by atoms with Crippen LogP contribution >= 0.6 is 0 Å². The van der Waals surface area contributed by atoms with E-state index in [1.165, 1.54) is 0 Å². The van der Waals surface area contributed by atoms with Gasteiger partial charge in [0.2, 0.25) is 0 Å². The summed E-state index contributed by atoms with van der Waals surface area (Å²) in [5.74, 6) is -3.17. The minimum Gasteiger partial charge on any atom is -0.481 e. The van der Waals surface area contributed by atoms with Gasteiger partial charge in [0.05, 0.1) is 12.8 Å². The highest BCUT2D eigenvalue weighted by Crippen LogP contribution is 1.86. The lowest BCUT2D eigenvalue weighted by atomic mass is 10.3. The molecule has 0 fully saturated rings. The number of hydrogen-bond acceptors (Lipinski definition) is 5. The number of hydrogen-bond donors (Lipinski definition) is 4. The molecule has 0 unspecified atom stereocenters. The topological polar surface area (TPSA) is 135 Å². The smallest absolute Gasteiger partial charge is 0.320 e. The van der Waals surface area contributed by atoms with Gasteiger partial charge in [0.15, 0.2) is 0 Å². The zero-order valence-electron chi connectivity index (χ0n) is 8.79. The number of aliphatic carboxylic acids is 3. The molecule has 16 heavy (non-hydrogen) atoms. The Morgan fingerprint density at radius 1 is 0.938 bits per heavy atom. The van der Waals surface area contributed by atoms with Crippen LogP contribution < -0.4 is 0 Å². The van der Waals surface area contributed by atoms with E-state index in [4.69, 9.17) is 20.5 Å². The van der Waals surface area contributed by atoms with Crippen molar-refractivity contribution in [2.75, 3.05) is 13.1 Å². The first-order valence-corrected chi connectivity index (χ1v) is 4.38. The maximum atomic E-state index is 9.77. The molecule has 0 spiro atoms. The molecule has 94 valence electrons. The third-order valence-electron chi connectivity index (χ3n) is 1.24. The summed E-state index contributed by atoms with van der Waals surface area (Å²) in [5, 5.41) is 33.0. The predicted molar refractivity (Wildman–Crippen MR) is 51.2 cm³/mol. The van der Waals surface area contributed by atoms with E-state index in [0.29, 0.717) is 6.54 Å². The minimum atomic E-state index is -1.08. The molecule has 0 aromatic rings. The van der Waals surface area contributed by atoms with Gasteiger partial charge < -0.3 is 20.5 Å². The van der Waals surface area contributed by atoms with Crippen LogP contribution in [0.4, 0.5) is 0 Å². The summed E-state index contributed by atoms with van der Waals surface area (Å²) < 4.78 is 0. The molecule has 0 atom stereocenters. The van der Waals surface area contributed by atoms with E-state index in [2.05, 4.69) is 0 Å². The molecular weight excluding hydrogens is 222 g/mol. The Labute approximate surface area is 91.7 Å². The van der Waals surface area contributed by atoms with E-state index in [1.807, 2.05) is 0 Å². The van der Waals surface area contributed by atoms with Crippen molar-refractivity contribution in [1.82, 2.24) is 5.06 Å². The van der Waals surface area contributed by atoms with Gasteiger partial charge >= 0.3 is 17.9 Å².